The lowest BCUT2D eigenvalue weighted by molar-refractivity contribution is 0.569. The van der Waals surface area contributed by atoms with Crippen molar-refractivity contribution in [2.45, 2.75) is 71.6 Å². The minimum absolute atomic E-state index is 0.0227. The van der Waals surface area contributed by atoms with E-state index in [0.29, 0.717) is 0 Å². The van der Waals surface area contributed by atoms with E-state index in [4.69, 9.17) is 4.42 Å². The molecule has 1 aromatic heterocycles. The molecule has 1 aliphatic carbocycles. The van der Waals surface area contributed by atoms with E-state index in [1.807, 2.05) is 6.07 Å². The molecule has 12 rings (SSSR count). The fraction of sp³-hybridized carbons (Fsp3) is 0.159. The largest absolute Gasteiger partial charge is 0.455 e. The predicted molar refractivity (Wildman–Crippen MR) is 303 cm³/mol. The van der Waals surface area contributed by atoms with Crippen molar-refractivity contribution in [1.82, 2.24) is 0 Å². The number of para-hydroxylation sites is 4. The predicted octanol–water partition coefficient (Wildman–Crippen LogP) is 19.8. The van der Waals surface area contributed by atoms with Crippen molar-refractivity contribution in [2.24, 2.45) is 0 Å². The normalized spacial score (nSPS) is 13.2. The van der Waals surface area contributed by atoms with Crippen LogP contribution in [0.3, 0.4) is 0 Å². The summed E-state index contributed by atoms with van der Waals surface area (Å²) in [5.74, 6) is 0. The van der Waals surface area contributed by atoms with Crippen LogP contribution >= 0.6 is 0 Å². The summed E-state index contributed by atoms with van der Waals surface area (Å²) in [4.78, 5) is 2.51. The molecule has 0 radical (unpaired) electrons. The van der Waals surface area contributed by atoms with Gasteiger partial charge < -0.3 is 9.32 Å². The Kier molecular flexibility index (Phi) is 10.4. The van der Waals surface area contributed by atoms with Crippen LogP contribution in [-0.2, 0) is 16.2 Å². The number of nitrogens with zero attached hydrogens (tertiary/aromatic N) is 1. The third-order valence-electron chi connectivity index (χ3n) is 15.2. The van der Waals surface area contributed by atoms with Crippen molar-refractivity contribution in [1.29, 1.82) is 0 Å². The molecule has 71 heavy (non-hydrogen) atoms. The average molecular weight is 918 g/mol. The van der Waals surface area contributed by atoms with Crippen LogP contribution in [0.2, 0.25) is 0 Å². The van der Waals surface area contributed by atoms with Gasteiger partial charge in [-0.3, -0.25) is 0 Å². The Balaban J connectivity index is 1.13. The molecule has 11 aromatic rings. The third kappa shape index (κ3) is 7.39. The summed E-state index contributed by atoms with van der Waals surface area (Å²) in [6.45, 7) is 18.7. The Hall–Kier alpha value is -7.94. The smallest absolute Gasteiger partial charge is 0.143 e. The zero-order valence-electron chi connectivity index (χ0n) is 42.1. The number of hydrogen-bond donors (Lipinski definition) is 0. The van der Waals surface area contributed by atoms with Gasteiger partial charge in [0.2, 0.25) is 0 Å². The topological polar surface area (TPSA) is 16.4 Å². The van der Waals surface area contributed by atoms with E-state index >= 15 is 0 Å². The number of hydrogen-bond acceptors (Lipinski definition) is 2. The van der Waals surface area contributed by atoms with E-state index in [-0.39, 0.29) is 16.2 Å². The summed E-state index contributed by atoms with van der Waals surface area (Å²) in [6.07, 6.45) is 0. The minimum Gasteiger partial charge on any atom is -0.455 e. The molecule has 0 unspecified atom stereocenters. The molecule has 0 bridgehead atoms. The van der Waals surface area contributed by atoms with Gasteiger partial charge in [-0.05, 0) is 113 Å². The molecule has 0 saturated heterocycles. The van der Waals surface area contributed by atoms with Gasteiger partial charge in [0.15, 0.2) is 0 Å². The van der Waals surface area contributed by atoms with Crippen LogP contribution in [0, 0.1) is 0 Å². The Labute approximate surface area is 418 Å². The first-order valence-electron chi connectivity index (χ1n) is 25.2. The highest BCUT2D eigenvalue weighted by molar-refractivity contribution is 6.11. The van der Waals surface area contributed by atoms with Gasteiger partial charge in [0.05, 0.1) is 11.4 Å². The zero-order chi connectivity index (χ0) is 48.8. The molecule has 0 spiro atoms. The molecule has 1 aliphatic rings. The molecule has 346 valence electrons. The highest BCUT2D eigenvalue weighted by atomic mass is 16.3. The first-order valence-corrected chi connectivity index (χ1v) is 25.2. The summed E-state index contributed by atoms with van der Waals surface area (Å²) < 4.78 is 6.68. The first-order chi connectivity index (χ1) is 34.3. The van der Waals surface area contributed by atoms with Crippen LogP contribution in [0.1, 0.15) is 77.6 Å². The number of anilines is 3. The van der Waals surface area contributed by atoms with Crippen LogP contribution in [0.25, 0.3) is 88.3 Å². The van der Waals surface area contributed by atoms with E-state index in [0.717, 1.165) is 55.7 Å². The molecule has 2 heteroatoms. The molecule has 0 N–H and O–H groups in total. The van der Waals surface area contributed by atoms with Gasteiger partial charge in [0, 0.05) is 38.6 Å². The minimum atomic E-state index is -0.138. The zero-order valence-corrected chi connectivity index (χ0v) is 42.1. The quantitative estimate of drug-likeness (QED) is 0.158. The monoisotopic (exact) mass is 917 g/mol. The van der Waals surface area contributed by atoms with Gasteiger partial charge in [-0.15, -0.1) is 0 Å². The van der Waals surface area contributed by atoms with Gasteiger partial charge in [-0.2, -0.15) is 0 Å². The van der Waals surface area contributed by atoms with E-state index in [1.54, 1.807) is 0 Å². The Morgan fingerprint density at radius 1 is 0.394 bits per heavy atom. The second-order valence-electron chi connectivity index (χ2n) is 22.1. The standard InChI is InChI=1S/C69H59NO/c1-67(2,3)47-40-46(41-48(43-47)68(4,5)6)50-30-18-22-44-23-19-32-55(64(44)50)52-26-10-14-37-61(52)70(49-25-17-24-45(42-49)51-31-20-34-57-54-28-12-16-39-63(54)71-66(51)57)62-38-15-11-27-53(62)56-33-21-36-60-65(56)58-29-9-13-35-59(58)69(60,7)8/h9-43H,1-8H3. The Morgan fingerprint density at radius 3 is 1.63 bits per heavy atom. The van der Waals surface area contributed by atoms with Crippen LogP contribution in [0.15, 0.2) is 217 Å². The molecule has 10 aromatic carbocycles. The van der Waals surface area contributed by atoms with Gasteiger partial charge in [-0.25, -0.2) is 0 Å². The molecule has 0 aliphatic heterocycles. The molecular weight excluding hydrogens is 859 g/mol. The molecular formula is C69H59NO. The third-order valence-corrected chi connectivity index (χ3v) is 15.2. The molecule has 0 amide bonds. The molecule has 0 fully saturated rings. The first kappa shape index (κ1) is 44.3. The number of furan rings is 1. The fourth-order valence-corrected chi connectivity index (χ4v) is 11.4. The summed E-state index contributed by atoms with van der Waals surface area (Å²) >= 11 is 0. The van der Waals surface area contributed by atoms with Gasteiger partial charge in [0.25, 0.3) is 0 Å². The maximum Gasteiger partial charge on any atom is 0.143 e. The van der Waals surface area contributed by atoms with Crippen LogP contribution in [0.5, 0.6) is 0 Å². The second-order valence-corrected chi connectivity index (χ2v) is 22.1. The van der Waals surface area contributed by atoms with E-state index in [2.05, 4.69) is 267 Å². The summed E-state index contributed by atoms with van der Waals surface area (Å²) in [6, 6.07) is 78.8. The van der Waals surface area contributed by atoms with Gasteiger partial charge in [-0.1, -0.05) is 237 Å². The lowest BCUT2D eigenvalue weighted by Crippen LogP contribution is -2.16. The SMILES string of the molecule is CC(C)(C)c1cc(-c2cccc3cccc(-c4ccccc4N(c4cccc(-c5cccc6c5oc5ccccc56)c4)c4ccccc4-c4cccc5c4-c4ccccc4C5(C)C)c23)cc(C(C)(C)C)c1. The highest BCUT2D eigenvalue weighted by Crippen LogP contribution is 2.55. The second kappa shape index (κ2) is 16.6. The van der Waals surface area contributed by atoms with Crippen molar-refractivity contribution in [3.05, 3.63) is 235 Å². The van der Waals surface area contributed by atoms with E-state index < -0.39 is 0 Å². The van der Waals surface area contributed by atoms with Crippen molar-refractivity contribution in [3.63, 3.8) is 0 Å². The molecule has 2 nitrogen and oxygen atoms in total. The maximum atomic E-state index is 6.68. The molecule has 0 atom stereocenters. The van der Waals surface area contributed by atoms with Gasteiger partial charge in [0.1, 0.15) is 11.2 Å². The van der Waals surface area contributed by atoms with Crippen molar-refractivity contribution in [3.8, 4) is 55.6 Å². The fourth-order valence-electron chi connectivity index (χ4n) is 11.4. The maximum absolute atomic E-state index is 6.68. The Morgan fingerprint density at radius 2 is 0.915 bits per heavy atom. The molecule has 1 heterocycles. The lowest BCUT2D eigenvalue weighted by Gasteiger charge is -2.31. The van der Waals surface area contributed by atoms with Crippen molar-refractivity contribution in [2.75, 3.05) is 4.90 Å². The summed E-state index contributed by atoms with van der Waals surface area (Å²) in [5.41, 5.74) is 22.2. The average Bonchev–Trinajstić information content (AvgIpc) is 3.88. The molecule has 0 saturated carbocycles. The number of fused-ring (bicyclic) bond motifs is 7. The number of benzene rings is 10. The van der Waals surface area contributed by atoms with Crippen LogP contribution < -0.4 is 4.90 Å². The Bertz CT molecular complexity index is 3850. The van der Waals surface area contributed by atoms with Gasteiger partial charge >= 0.3 is 0 Å². The van der Waals surface area contributed by atoms with Crippen molar-refractivity contribution < 1.29 is 4.42 Å². The summed E-state index contributed by atoms with van der Waals surface area (Å²) in [7, 11) is 0. The van der Waals surface area contributed by atoms with E-state index in [1.165, 1.54) is 72.0 Å². The lowest BCUT2D eigenvalue weighted by atomic mass is 9.78. The van der Waals surface area contributed by atoms with Crippen molar-refractivity contribution >= 4 is 49.8 Å². The summed E-state index contributed by atoms with van der Waals surface area (Å²) in [5, 5.41) is 4.69. The van der Waals surface area contributed by atoms with Crippen LogP contribution in [0.4, 0.5) is 17.1 Å². The van der Waals surface area contributed by atoms with E-state index in [9.17, 15) is 0 Å². The number of rotatable bonds is 7. The highest BCUT2D eigenvalue weighted by Gasteiger charge is 2.37. The van der Waals surface area contributed by atoms with Crippen LogP contribution in [-0.4, -0.2) is 0 Å².